The van der Waals surface area contributed by atoms with Crippen molar-refractivity contribution in [2.75, 3.05) is 5.32 Å². The van der Waals surface area contributed by atoms with Crippen LogP contribution < -0.4 is 11.0 Å². The lowest BCUT2D eigenvalue weighted by molar-refractivity contribution is -0.118. The lowest BCUT2D eigenvalue weighted by atomic mass is 10.1. The minimum atomic E-state index is -0.429. The number of carbonyl (C=O) groups is 1. The van der Waals surface area contributed by atoms with Crippen molar-refractivity contribution in [2.24, 2.45) is 14.1 Å². The van der Waals surface area contributed by atoms with Crippen molar-refractivity contribution in [1.82, 2.24) is 18.7 Å². The molecule has 0 radical (unpaired) electrons. The fraction of sp³-hybridized carbons (Fsp3) is 0.286. The minimum Gasteiger partial charge on any atom is -0.324 e. The van der Waals surface area contributed by atoms with Gasteiger partial charge < -0.3 is 9.88 Å². The zero-order valence-corrected chi connectivity index (χ0v) is 16.6. The lowest BCUT2D eigenvalue weighted by Crippen LogP contribution is -2.24. The Morgan fingerprint density at radius 1 is 1.04 bits per heavy atom. The van der Waals surface area contributed by atoms with Crippen LogP contribution in [0.2, 0.25) is 0 Å². The van der Waals surface area contributed by atoms with Gasteiger partial charge in [-0.15, -0.1) is 0 Å². The number of para-hydroxylation sites is 2. The molecule has 0 spiro atoms. The standard InChI is InChI=1S/C21H23N5O2/c1-12-10-18-19(25(5)21(28)24(18)4)11-16(12)23-20(27)13(2)26-14(3)22-15-8-6-7-9-17(15)26/h6-11,13H,1-5H3,(H,23,27). The first-order valence-electron chi connectivity index (χ1n) is 9.20. The Balaban J connectivity index is 1.72. The first kappa shape index (κ1) is 18.0. The van der Waals surface area contributed by atoms with E-state index in [2.05, 4.69) is 10.3 Å². The van der Waals surface area contributed by atoms with E-state index < -0.39 is 6.04 Å². The molecule has 1 amide bonds. The number of aromatic nitrogens is 4. The van der Waals surface area contributed by atoms with E-state index in [1.165, 1.54) is 0 Å². The zero-order valence-electron chi connectivity index (χ0n) is 16.6. The molecule has 28 heavy (non-hydrogen) atoms. The second-order valence-electron chi connectivity index (χ2n) is 7.24. The number of nitrogens with one attached hydrogen (secondary N) is 1. The maximum Gasteiger partial charge on any atom is 0.328 e. The Bertz CT molecular complexity index is 1290. The first-order chi connectivity index (χ1) is 13.3. The van der Waals surface area contributed by atoms with Gasteiger partial charge in [0.05, 0.1) is 22.1 Å². The molecule has 0 aliphatic rings. The third-order valence-corrected chi connectivity index (χ3v) is 5.41. The van der Waals surface area contributed by atoms with Gasteiger partial charge in [0, 0.05) is 19.8 Å². The summed E-state index contributed by atoms with van der Waals surface area (Å²) in [5, 5.41) is 3.03. The Morgan fingerprint density at radius 2 is 1.68 bits per heavy atom. The molecule has 7 heteroatoms. The summed E-state index contributed by atoms with van der Waals surface area (Å²) in [6, 6.07) is 11.1. The summed E-state index contributed by atoms with van der Waals surface area (Å²) in [7, 11) is 3.48. The van der Waals surface area contributed by atoms with Crippen LogP contribution in [-0.4, -0.2) is 24.6 Å². The number of nitrogens with zero attached hydrogens (tertiary/aromatic N) is 4. The van der Waals surface area contributed by atoms with Crippen molar-refractivity contribution in [3.05, 3.63) is 58.3 Å². The molecule has 2 heterocycles. The van der Waals surface area contributed by atoms with E-state index >= 15 is 0 Å². The van der Waals surface area contributed by atoms with Gasteiger partial charge in [0.25, 0.3) is 0 Å². The van der Waals surface area contributed by atoms with Gasteiger partial charge in [-0.1, -0.05) is 12.1 Å². The van der Waals surface area contributed by atoms with E-state index in [1.807, 2.05) is 61.7 Å². The predicted molar refractivity (Wildman–Crippen MR) is 111 cm³/mol. The number of carbonyl (C=O) groups excluding carboxylic acids is 1. The molecule has 1 unspecified atom stereocenters. The molecule has 7 nitrogen and oxygen atoms in total. The number of imidazole rings is 2. The summed E-state index contributed by atoms with van der Waals surface area (Å²) in [6.07, 6.45) is 0. The molecule has 0 bridgehead atoms. The normalized spacial score (nSPS) is 12.6. The summed E-state index contributed by atoms with van der Waals surface area (Å²) < 4.78 is 5.13. The van der Waals surface area contributed by atoms with E-state index in [0.717, 1.165) is 33.5 Å². The highest BCUT2D eigenvalue weighted by Gasteiger charge is 2.21. The average molecular weight is 377 g/mol. The van der Waals surface area contributed by atoms with Crippen LogP contribution in [0.4, 0.5) is 5.69 Å². The largest absolute Gasteiger partial charge is 0.328 e. The average Bonchev–Trinajstić information content (AvgIpc) is 3.11. The Labute approximate surface area is 162 Å². The molecule has 0 saturated heterocycles. The van der Waals surface area contributed by atoms with Gasteiger partial charge in [0.1, 0.15) is 11.9 Å². The number of fused-ring (bicyclic) bond motifs is 2. The van der Waals surface area contributed by atoms with Gasteiger partial charge in [-0.2, -0.15) is 0 Å². The third-order valence-electron chi connectivity index (χ3n) is 5.41. The van der Waals surface area contributed by atoms with Crippen LogP contribution in [0.5, 0.6) is 0 Å². The van der Waals surface area contributed by atoms with E-state index in [4.69, 9.17) is 0 Å². The summed E-state index contributed by atoms with van der Waals surface area (Å²) in [5.74, 6) is 0.663. The van der Waals surface area contributed by atoms with E-state index in [-0.39, 0.29) is 11.6 Å². The van der Waals surface area contributed by atoms with E-state index in [0.29, 0.717) is 5.69 Å². The van der Waals surface area contributed by atoms with Crippen molar-refractivity contribution >= 4 is 33.7 Å². The summed E-state index contributed by atoms with van der Waals surface area (Å²) in [4.78, 5) is 29.8. The van der Waals surface area contributed by atoms with Crippen LogP contribution in [0.15, 0.2) is 41.2 Å². The van der Waals surface area contributed by atoms with Crippen LogP contribution in [0.1, 0.15) is 24.4 Å². The molecule has 1 atom stereocenters. The molecule has 1 N–H and O–H groups in total. The monoisotopic (exact) mass is 377 g/mol. The Hall–Kier alpha value is -3.35. The molecule has 2 aromatic carbocycles. The second-order valence-corrected chi connectivity index (χ2v) is 7.24. The second kappa shape index (κ2) is 6.37. The van der Waals surface area contributed by atoms with Crippen LogP contribution in [0.25, 0.3) is 22.1 Å². The van der Waals surface area contributed by atoms with Crippen molar-refractivity contribution in [2.45, 2.75) is 26.8 Å². The van der Waals surface area contributed by atoms with Gasteiger partial charge in [-0.3, -0.25) is 13.9 Å². The lowest BCUT2D eigenvalue weighted by Gasteiger charge is -2.17. The van der Waals surface area contributed by atoms with Crippen LogP contribution in [-0.2, 0) is 18.9 Å². The van der Waals surface area contributed by atoms with Crippen LogP contribution in [0.3, 0.4) is 0 Å². The molecule has 2 aromatic heterocycles. The zero-order chi connectivity index (χ0) is 20.2. The maximum atomic E-state index is 13.0. The van der Waals surface area contributed by atoms with Crippen LogP contribution >= 0.6 is 0 Å². The number of benzene rings is 2. The van der Waals surface area contributed by atoms with Crippen molar-refractivity contribution in [3.63, 3.8) is 0 Å². The van der Waals surface area contributed by atoms with Gasteiger partial charge in [-0.25, -0.2) is 9.78 Å². The third kappa shape index (κ3) is 2.62. The topological polar surface area (TPSA) is 73.8 Å². The molecule has 0 saturated carbocycles. The Morgan fingerprint density at radius 3 is 2.39 bits per heavy atom. The molecular formula is C21H23N5O2. The highest BCUT2D eigenvalue weighted by molar-refractivity contribution is 5.97. The van der Waals surface area contributed by atoms with Gasteiger partial charge in [0.2, 0.25) is 5.91 Å². The Kier molecular flexibility index (Phi) is 4.10. The van der Waals surface area contributed by atoms with Crippen molar-refractivity contribution in [1.29, 1.82) is 0 Å². The molecule has 4 aromatic rings. The molecule has 144 valence electrons. The number of hydrogen-bond donors (Lipinski definition) is 1. The fourth-order valence-electron chi connectivity index (χ4n) is 3.79. The smallest absolute Gasteiger partial charge is 0.324 e. The molecule has 0 aliphatic heterocycles. The van der Waals surface area contributed by atoms with Crippen molar-refractivity contribution < 1.29 is 4.79 Å². The minimum absolute atomic E-state index is 0.0910. The fourth-order valence-corrected chi connectivity index (χ4v) is 3.79. The summed E-state index contributed by atoms with van der Waals surface area (Å²) >= 11 is 0. The molecule has 0 aliphatic carbocycles. The highest BCUT2D eigenvalue weighted by Crippen LogP contribution is 2.25. The van der Waals surface area contributed by atoms with Gasteiger partial charge in [0.15, 0.2) is 0 Å². The number of aryl methyl sites for hydroxylation is 4. The molecule has 4 rings (SSSR count). The maximum absolute atomic E-state index is 13.0. The van der Waals surface area contributed by atoms with E-state index in [9.17, 15) is 9.59 Å². The number of anilines is 1. The quantitative estimate of drug-likeness (QED) is 0.596. The SMILES string of the molecule is Cc1cc2c(cc1NC(=O)C(C)n1c(C)nc3ccccc31)n(C)c(=O)n2C. The van der Waals surface area contributed by atoms with E-state index in [1.54, 1.807) is 23.2 Å². The summed E-state index contributed by atoms with van der Waals surface area (Å²) in [6.45, 7) is 5.69. The van der Waals surface area contributed by atoms with Gasteiger partial charge in [-0.05, 0) is 50.6 Å². The van der Waals surface area contributed by atoms with Crippen molar-refractivity contribution in [3.8, 4) is 0 Å². The number of hydrogen-bond acceptors (Lipinski definition) is 3. The highest BCUT2D eigenvalue weighted by atomic mass is 16.2. The van der Waals surface area contributed by atoms with Gasteiger partial charge >= 0.3 is 5.69 Å². The number of amides is 1. The predicted octanol–water partition coefficient (Wildman–Crippen LogP) is 3.04. The number of rotatable bonds is 3. The molecule has 0 fully saturated rings. The van der Waals surface area contributed by atoms with Crippen LogP contribution in [0, 0.1) is 13.8 Å². The first-order valence-corrected chi connectivity index (χ1v) is 9.20. The molecular weight excluding hydrogens is 354 g/mol. The summed E-state index contributed by atoms with van der Waals surface area (Å²) in [5.41, 5.74) is 4.94.